The first-order chi connectivity index (χ1) is 7.20. The van der Waals surface area contributed by atoms with Crippen molar-refractivity contribution in [2.45, 2.75) is 66.8 Å². The van der Waals surface area contributed by atoms with Gasteiger partial charge in [-0.2, -0.15) is 0 Å². The molecule has 96 valence electrons. The van der Waals surface area contributed by atoms with Gasteiger partial charge in [0.1, 0.15) is 0 Å². The normalized spacial score (nSPS) is 32.8. The van der Waals surface area contributed by atoms with Gasteiger partial charge in [-0.1, -0.05) is 48.0 Å². The molecule has 1 rings (SSSR count). The Bertz CT molecular complexity index is 224. The van der Waals surface area contributed by atoms with Crippen LogP contribution in [0.2, 0.25) is 0 Å². The van der Waals surface area contributed by atoms with Gasteiger partial charge in [-0.3, -0.25) is 0 Å². The number of hydrogen-bond acceptors (Lipinski definition) is 1. The van der Waals surface area contributed by atoms with Crippen LogP contribution in [0.3, 0.4) is 0 Å². The van der Waals surface area contributed by atoms with Crippen LogP contribution in [0.4, 0.5) is 0 Å². The Morgan fingerprint density at radius 1 is 1.00 bits per heavy atom. The van der Waals surface area contributed by atoms with Gasteiger partial charge >= 0.3 is 0 Å². The third-order valence-corrected chi connectivity index (χ3v) is 5.34. The average Bonchev–Trinajstić information content (AvgIpc) is 2.15. The van der Waals surface area contributed by atoms with Crippen molar-refractivity contribution in [3.63, 3.8) is 0 Å². The standard InChI is InChI=1S/C15H31N/c1-11-8-9-12(13(10-11)16-7)15(5,6)14(2,3)4/h11-13,16H,8-10H2,1-7H3. The highest BCUT2D eigenvalue weighted by molar-refractivity contribution is 4.96. The highest BCUT2D eigenvalue weighted by Crippen LogP contribution is 2.50. The van der Waals surface area contributed by atoms with Crippen LogP contribution in [0.15, 0.2) is 0 Å². The van der Waals surface area contributed by atoms with E-state index in [2.05, 4.69) is 53.9 Å². The second kappa shape index (κ2) is 4.68. The van der Waals surface area contributed by atoms with Crippen molar-refractivity contribution in [1.29, 1.82) is 0 Å². The first-order valence-electron chi connectivity index (χ1n) is 6.87. The van der Waals surface area contributed by atoms with E-state index in [0.717, 1.165) is 11.8 Å². The van der Waals surface area contributed by atoms with Crippen molar-refractivity contribution in [2.24, 2.45) is 22.7 Å². The van der Waals surface area contributed by atoms with Gasteiger partial charge in [0.05, 0.1) is 0 Å². The van der Waals surface area contributed by atoms with Crippen LogP contribution in [0.1, 0.15) is 60.8 Å². The minimum atomic E-state index is 0.382. The molecule has 0 bridgehead atoms. The summed E-state index contributed by atoms with van der Waals surface area (Å²) in [7, 11) is 2.13. The van der Waals surface area contributed by atoms with Crippen LogP contribution in [0.25, 0.3) is 0 Å². The molecule has 0 aromatic heterocycles. The summed E-state index contributed by atoms with van der Waals surface area (Å²) < 4.78 is 0. The lowest BCUT2D eigenvalue weighted by Crippen LogP contribution is -2.49. The SMILES string of the molecule is CNC1CC(C)CCC1C(C)(C)C(C)(C)C. The van der Waals surface area contributed by atoms with Gasteiger partial charge in [0.15, 0.2) is 0 Å². The molecule has 1 N–H and O–H groups in total. The van der Waals surface area contributed by atoms with Crippen molar-refractivity contribution >= 4 is 0 Å². The molecule has 0 radical (unpaired) electrons. The molecule has 3 unspecified atom stereocenters. The van der Waals surface area contributed by atoms with E-state index in [0.29, 0.717) is 16.9 Å². The first kappa shape index (κ1) is 14.0. The summed E-state index contributed by atoms with van der Waals surface area (Å²) in [6.45, 7) is 14.5. The molecule has 0 aromatic carbocycles. The van der Waals surface area contributed by atoms with Crippen LogP contribution < -0.4 is 5.32 Å². The Balaban J connectivity index is 2.85. The summed E-state index contributed by atoms with van der Waals surface area (Å²) in [5.41, 5.74) is 0.786. The van der Waals surface area contributed by atoms with Gasteiger partial charge in [0, 0.05) is 6.04 Å². The maximum atomic E-state index is 3.56. The highest BCUT2D eigenvalue weighted by Gasteiger charge is 2.44. The van der Waals surface area contributed by atoms with Gasteiger partial charge < -0.3 is 5.32 Å². The molecule has 1 nitrogen and oxygen atoms in total. The molecule has 1 aliphatic rings. The lowest BCUT2D eigenvalue weighted by atomic mass is 9.56. The van der Waals surface area contributed by atoms with Gasteiger partial charge in [-0.25, -0.2) is 0 Å². The number of nitrogens with one attached hydrogen (secondary N) is 1. The van der Waals surface area contributed by atoms with E-state index in [9.17, 15) is 0 Å². The topological polar surface area (TPSA) is 12.0 Å². The molecule has 0 spiro atoms. The lowest BCUT2D eigenvalue weighted by molar-refractivity contribution is 0.00509. The third-order valence-electron chi connectivity index (χ3n) is 5.34. The molecule has 0 heterocycles. The highest BCUT2D eigenvalue weighted by atomic mass is 14.9. The summed E-state index contributed by atoms with van der Waals surface area (Å²) in [6, 6.07) is 0.706. The Hall–Kier alpha value is -0.0400. The quantitative estimate of drug-likeness (QED) is 0.746. The van der Waals surface area contributed by atoms with E-state index in [1.54, 1.807) is 0 Å². The van der Waals surface area contributed by atoms with Gasteiger partial charge in [0.25, 0.3) is 0 Å². The molecule has 1 saturated carbocycles. The van der Waals surface area contributed by atoms with Crippen LogP contribution in [-0.2, 0) is 0 Å². The van der Waals surface area contributed by atoms with Crippen molar-refractivity contribution in [2.75, 3.05) is 7.05 Å². The molecule has 0 aliphatic heterocycles. The van der Waals surface area contributed by atoms with E-state index < -0.39 is 0 Å². The fourth-order valence-electron chi connectivity index (χ4n) is 3.12. The second-order valence-corrected chi connectivity index (χ2v) is 7.39. The molecule has 0 saturated heterocycles. The second-order valence-electron chi connectivity index (χ2n) is 7.39. The molecule has 0 aromatic rings. The molecule has 16 heavy (non-hydrogen) atoms. The predicted octanol–water partition coefficient (Wildman–Crippen LogP) is 4.08. The Morgan fingerprint density at radius 3 is 2.00 bits per heavy atom. The van der Waals surface area contributed by atoms with Crippen LogP contribution >= 0.6 is 0 Å². The maximum absolute atomic E-state index is 3.56. The predicted molar refractivity (Wildman–Crippen MR) is 72.6 cm³/mol. The van der Waals surface area contributed by atoms with E-state index in [1.807, 2.05) is 0 Å². The number of rotatable bonds is 2. The number of hydrogen-bond donors (Lipinski definition) is 1. The lowest BCUT2D eigenvalue weighted by Gasteiger charge is -2.51. The summed E-state index contributed by atoms with van der Waals surface area (Å²) in [5.74, 6) is 1.71. The van der Waals surface area contributed by atoms with Gasteiger partial charge in [-0.05, 0) is 42.6 Å². The zero-order valence-electron chi connectivity index (χ0n) is 12.4. The summed E-state index contributed by atoms with van der Waals surface area (Å²) in [6.07, 6.45) is 4.14. The van der Waals surface area contributed by atoms with Crippen LogP contribution in [0, 0.1) is 22.7 Å². The first-order valence-corrected chi connectivity index (χ1v) is 6.87. The fraction of sp³-hybridized carbons (Fsp3) is 1.00. The molecular weight excluding hydrogens is 194 g/mol. The fourth-order valence-corrected chi connectivity index (χ4v) is 3.12. The van der Waals surface area contributed by atoms with E-state index in [4.69, 9.17) is 0 Å². The van der Waals surface area contributed by atoms with Crippen molar-refractivity contribution in [3.05, 3.63) is 0 Å². The Labute approximate surface area is 102 Å². The average molecular weight is 225 g/mol. The van der Waals surface area contributed by atoms with Crippen molar-refractivity contribution in [1.82, 2.24) is 5.32 Å². The minimum Gasteiger partial charge on any atom is -0.317 e. The van der Waals surface area contributed by atoms with E-state index >= 15 is 0 Å². The molecule has 0 amide bonds. The Kier molecular flexibility index (Phi) is 4.10. The van der Waals surface area contributed by atoms with E-state index in [-0.39, 0.29) is 0 Å². The van der Waals surface area contributed by atoms with Gasteiger partial charge in [0.2, 0.25) is 0 Å². The monoisotopic (exact) mass is 225 g/mol. The zero-order valence-corrected chi connectivity index (χ0v) is 12.4. The van der Waals surface area contributed by atoms with Crippen LogP contribution in [-0.4, -0.2) is 13.1 Å². The maximum Gasteiger partial charge on any atom is 0.0100 e. The van der Waals surface area contributed by atoms with Crippen molar-refractivity contribution < 1.29 is 0 Å². The summed E-state index contributed by atoms with van der Waals surface area (Å²) >= 11 is 0. The molecule has 1 fully saturated rings. The van der Waals surface area contributed by atoms with Crippen molar-refractivity contribution in [3.8, 4) is 0 Å². The molecule has 1 heteroatoms. The molecule has 3 atom stereocenters. The Morgan fingerprint density at radius 2 is 1.56 bits per heavy atom. The summed E-state index contributed by atoms with van der Waals surface area (Å²) in [4.78, 5) is 0. The summed E-state index contributed by atoms with van der Waals surface area (Å²) in [5, 5.41) is 3.56. The minimum absolute atomic E-state index is 0.382. The third kappa shape index (κ3) is 2.61. The van der Waals surface area contributed by atoms with Gasteiger partial charge in [-0.15, -0.1) is 0 Å². The van der Waals surface area contributed by atoms with E-state index in [1.165, 1.54) is 19.3 Å². The van der Waals surface area contributed by atoms with Crippen LogP contribution in [0.5, 0.6) is 0 Å². The largest absolute Gasteiger partial charge is 0.317 e. The molecular formula is C15H31N. The smallest absolute Gasteiger partial charge is 0.0100 e. The zero-order chi connectivity index (χ0) is 12.6. The molecule has 1 aliphatic carbocycles.